The van der Waals surface area contributed by atoms with Crippen LogP contribution in [0.2, 0.25) is 0 Å². The molecule has 2 aromatic rings. The van der Waals surface area contributed by atoms with Crippen LogP contribution in [0.5, 0.6) is 0 Å². The van der Waals surface area contributed by atoms with Gasteiger partial charge in [-0.05, 0) is 18.4 Å². The van der Waals surface area contributed by atoms with Gasteiger partial charge in [-0.2, -0.15) is 0 Å². The van der Waals surface area contributed by atoms with E-state index in [1.165, 1.54) is 5.56 Å². The van der Waals surface area contributed by atoms with E-state index in [2.05, 4.69) is 22.1 Å². The average molecular weight is 352 g/mol. The van der Waals surface area contributed by atoms with Crippen molar-refractivity contribution in [3.8, 4) is 0 Å². The molecule has 0 saturated carbocycles. The first-order valence-corrected chi connectivity index (χ1v) is 9.04. The van der Waals surface area contributed by atoms with Crippen molar-refractivity contribution in [3.05, 3.63) is 54.0 Å². The highest BCUT2D eigenvalue weighted by Crippen LogP contribution is 2.54. The number of ether oxygens (including phenoxy) is 1. The van der Waals surface area contributed by atoms with Crippen LogP contribution in [0.3, 0.4) is 0 Å². The maximum atomic E-state index is 13.1. The number of anilines is 1. The van der Waals surface area contributed by atoms with Gasteiger partial charge >= 0.3 is 0 Å². The summed E-state index contributed by atoms with van der Waals surface area (Å²) in [7, 11) is 3.81. The molecule has 4 rings (SSSR count). The van der Waals surface area contributed by atoms with Crippen molar-refractivity contribution in [1.29, 1.82) is 0 Å². The molecule has 1 spiro atoms. The topological polar surface area (TPSA) is 58.6 Å². The van der Waals surface area contributed by atoms with Crippen LogP contribution in [0.1, 0.15) is 34.9 Å². The lowest BCUT2D eigenvalue weighted by molar-refractivity contribution is -0.115. The molecule has 6 heteroatoms. The van der Waals surface area contributed by atoms with Gasteiger partial charge in [0.25, 0.3) is 5.91 Å². The van der Waals surface area contributed by atoms with E-state index in [0.29, 0.717) is 5.69 Å². The smallest absolute Gasteiger partial charge is 0.274 e. The summed E-state index contributed by atoms with van der Waals surface area (Å²) in [5, 5.41) is 0. The fourth-order valence-corrected chi connectivity index (χ4v) is 4.11. The molecule has 2 fully saturated rings. The first-order valence-electron chi connectivity index (χ1n) is 9.04. The van der Waals surface area contributed by atoms with Crippen molar-refractivity contribution in [3.63, 3.8) is 0 Å². The SMILES string of the molecule is CN(C)c1cnc(C(=O)N2CC3(CCOCC3)C2c2ccccc2)cn1. The fraction of sp³-hybridized carbons (Fsp3) is 0.450. The summed E-state index contributed by atoms with van der Waals surface area (Å²) in [6.45, 7) is 2.29. The van der Waals surface area contributed by atoms with Crippen LogP contribution >= 0.6 is 0 Å². The number of carbonyl (C=O) groups excluding carboxylic acids is 1. The summed E-state index contributed by atoms with van der Waals surface area (Å²) < 4.78 is 5.57. The minimum absolute atomic E-state index is 0.0474. The second-order valence-corrected chi connectivity index (χ2v) is 7.38. The van der Waals surface area contributed by atoms with Gasteiger partial charge in [-0.15, -0.1) is 0 Å². The second kappa shape index (κ2) is 6.68. The Kier molecular flexibility index (Phi) is 4.36. The van der Waals surface area contributed by atoms with Gasteiger partial charge in [-0.25, -0.2) is 9.97 Å². The van der Waals surface area contributed by atoms with Gasteiger partial charge in [0.15, 0.2) is 0 Å². The van der Waals surface area contributed by atoms with Crippen LogP contribution in [0, 0.1) is 5.41 Å². The zero-order valence-corrected chi connectivity index (χ0v) is 15.3. The molecular formula is C20H24N4O2. The molecule has 1 aromatic carbocycles. The number of amides is 1. The van der Waals surface area contributed by atoms with E-state index in [9.17, 15) is 4.79 Å². The standard InChI is InChI=1S/C20H24N4O2/c1-23(2)17-13-21-16(12-22-17)19(25)24-14-20(8-10-26-11-9-20)18(24)15-6-4-3-5-7-15/h3-7,12-13,18H,8-11,14H2,1-2H3. The van der Waals surface area contributed by atoms with Crippen LogP contribution in [-0.4, -0.2) is 54.6 Å². The Labute approximate surface area is 153 Å². The third-order valence-electron chi connectivity index (χ3n) is 5.56. The highest BCUT2D eigenvalue weighted by Gasteiger charge is 2.55. The number of likely N-dealkylation sites (tertiary alicyclic amines) is 1. The Morgan fingerprint density at radius 3 is 2.50 bits per heavy atom. The quantitative estimate of drug-likeness (QED) is 0.850. The number of benzene rings is 1. The van der Waals surface area contributed by atoms with Crippen molar-refractivity contribution in [1.82, 2.24) is 14.9 Å². The van der Waals surface area contributed by atoms with E-state index < -0.39 is 0 Å². The Balaban J connectivity index is 1.61. The molecule has 1 atom stereocenters. The monoisotopic (exact) mass is 352 g/mol. The molecule has 2 aliphatic heterocycles. The van der Waals surface area contributed by atoms with Crippen molar-refractivity contribution >= 4 is 11.7 Å². The normalized spacial score (nSPS) is 21.3. The van der Waals surface area contributed by atoms with E-state index in [1.54, 1.807) is 12.4 Å². The molecule has 0 radical (unpaired) electrons. The number of aromatic nitrogens is 2. The minimum Gasteiger partial charge on any atom is -0.381 e. The predicted molar refractivity (Wildman–Crippen MR) is 99.1 cm³/mol. The van der Waals surface area contributed by atoms with Gasteiger partial charge in [0, 0.05) is 39.3 Å². The van der Waals surface area contributed by atoms with E-state index in [-0.39, 0.29) is 17.4 Å². The summed E-state index contributed by atoms with van der Waals surface area (Å²) >= 11 is 0. The van der Waals surface area contributed by atoms with E-state index >= 15 is 0 Å². The molecule has 6 nitrogen and oxygen atoms in total. The number of hydrogen-bond acceptors (Lipinski definition) is 5. The highest BCUT2D eigenvalue weighted by atomic mass is 16.5. The lowest BCUT2D eigenvalue weighted by atomic mass is 9.64. The Bertz CT molecular complexity index is 770. The van der Waals surface area contributed by atoms with Crippen molar-refractivity contribution in [2.24, 2.45) is 5.41 Å². The van der Waals surface area contributed by atoms with E-state index in [1.807, 2.05) is 42.1 Å². The lowest BCUT2D eigenvalue weighted by Crippen LogP contribution is -2.62. The first kappa shape index (κ1) is 17.0. The van der Waals surface area contributed by atoms with E-state index in [4.69, 9.17) is 4.74 Å². The molecule has 1 amide bonds. The van der Waals surface area contributed by atoms with E-state index in [0.717, 1.165) is 38.4 Å². The predicted octanol–water partition coefficient (Wildman–Crippen LogP) is 2.54. The number of hydrogen-bond donors (Lipinski definition) is 0. The summed E-state index contributed by atoms with van der Waals surface area (Å²) in [5.74, 6) is 0.694. The van der Waals surface area contributed by atoms with Gasteiger partial charge in [-0.1, -0.05) is 30.3 Å². The summed E-state index contributed by atoms with van der Waals surface area (Å²) in [4.78, 5) is 25.6. The van der Waals surface area contributed by atoms with Crippen LogP contribution < -0.4 is 4.90 Å². The molecule has 1 aromatic heterocycles. The molecule has 2 saturated heterocycles. The van der Waals surface area contributed by atoms with Crippen molar-refractivity contribution in [2.45, 2.75) is 18.9 Å². The van der Waals surface area contributed by atoms with Crippen LogP contribution in [0.25, 0.3) is 0 Å². The van der Waals surface area contributed by atoms with Gasteiger partial charge in [-0.3, -0.25) is 4.79 Å². The molecule has 0 bridgehead atoms. The number of carbonyl (C=O) groups is 1. The molecule has 1 unspecified atom stereocenters. The number of rotatable bonds is 3. The Morgan fingerprint density at radius 2 is 1.88 bits per heavy atom. The molecule has 0 aliphatic carbocycles. The Morgan fingerprint density at radius 1 is 1.15 bits per heavy atom. The maximum Gasteiger partial charge on any atom is 0.274 e. The van der Waals surface area contributed by atoms with Gasteiger partial charge < -0.3 is 14.5 Å². The molecule has 2 aliphatic rings. The summed E-state index contributed by atoms with van der Waals surface area (Å²) in [6, 6.07) is 10.4. The maximum absolute atomic E-state index is 13.1. The summed E-state index contributed by atoms with van der Waals surface area (Å²) in [6.07, 6.45) is 5.20. The molecule has 3 heterocycles. The molecule has 0 N–H and O–H groups in total. The third kappa shape index (κ3) is 2.84. The van der Waals surface area contributed by atoms with Crippen molar-refractivity contribution in [2.75, 3.05) is 38.8 Å². The second-order valence-electron chi connectivity index (χ2n) is 7.38. The molecule has 26 heavy (non-hydrogen) atoms. The third-order valence-corrected chi connectivity index (χ3v) is 5.56. The molecule has 136 valence electrons. The Hall–Kier alpha value is -2.47. The van der Waals surface area contributed by atoms with Crippen molar-refractivity contribution < 1.29 is 9.53 Å². The van der Waals surface area contributed by atoms with Gasteiger partial charge in [0.1, 0.15) is 11.5 Å². The first-order chi connectivity index (χ1) is 12.6. The zero-order chi connectivity index (χ0) is 18.1. The highest BCUT2D eigenvalue weighted by molar-refractivity contribution is 5.93. The van der Waals surface area contributed by atoms with Crippen LogP contribution in [-0.2, 0) is 4.74 Å². The van der Waals surface area contributed by atoms with Crippen LogP contribution in [0.4, 0.5) is 5.82 Å². The molecular weight excluding hydrogens is 328 g/mol. The largest absolute Gasteiger partial charge is 0.381 e. The fourth-order valence-electron chi connectivity index (χ4n) is 4.11. The summed E-state index contributed by atoms with van der Waals surface area (Å²) in [5.41, 5.74) is 1.71. The zero-order valence-electron chi connectivity index (χ0n) is 15.3. The lowest BCUT2D eigenvalue weighted by Gasteiger charge is -2.59. The minimum atomic E-state index is -0.0474. The van der Waals surface area contributed by atoms with Gasteiger partial charge in [0.2, 0.25) is 0 Å². The average Bonchev–Trinajstić information content (AvgIpc) is 2.67. The number of nitrogens with zero attached hydrogens (tertiary/aromatic N) is 4. The van der Waals surface area contributed by atoms with Crippen LogP contribution in [0.15, 0.2) is 42.7 Å². The van der Waals surface area contributed by atoms with Gasteiger partial charge in [0.05, 0.1) is 18.4 Å².